The molecular weight excluding hydrogens is 388 g/mol. The molecule has 162 valence electrons. The van der Waals surface area contributed by atoms with Crippen molar-refractivity contribution in [3.8, 4) is 5.75 Å². The summed E-state index contributed by atoms with van der Waals surface area (Å²) < 4.78 is 11.1. The van der Waals surface area contributed by atoms with Crippen LogP contribution in [0.5, 0.6) is 5.75 Å². The Kier molecular flexibility index (Phi) is 7.83. The molecule has 3 rings (SSSR count). The highest BCUT2D eigenvalue weighted by atomic mass is 35.5. The average Bonchev–Trinajstić information content (AvgIpc) is 2.69. The molecule has 0 spiro atoms. The van der Waals surface area contributed by atoms with Gasteiger partial charge in [-0.2, -0.15) is 0 Å². The van der Waals surface area contributed by atoms with E-state index in [1.807, 2.05) is 6.07 Å². The predicted molar refractivity (Wildman–Crippen MR) is 117 cm³/mol. The predicted octanol–water partition coefficient (Wildman–Crippen LogP) is 4.53. The Hall–Kier alpha value is -1.30. The fourth-order valence-corrected chi connectivity index (χ4v) is 4.84. The number of benzene rings is 1. The molecule has 6 heteroatoms. The van der Waals surface area contributed by atoms with Crippen molar-refractivity contribution in [1.29, 1.82) is 0 Å². The first-order valence-corrected chi connectivity index (χ1v) is 11.2. The molecule has 1 aliphatic heterocycles. The van der Waals surface area contributed by atoms with Crippen molar-refractivity contribution >= 4 is 17.5 Å². The maximum Gasteiger partial charge on any atom is 0.251 e. The van der Waals surface area contributed by atoms with E-state index >= 15 is 0 Å². The minimum atomic E-state index is -0.154. The number of methoxy groups -OCH3 is 1. The number of ether oxygens (including phenoxy) is 2. The highest BCUT2D eigenvalue weighted by Gasteiger charge is 2.33. The summed E-state index contributed by atoms with van der Waals surface area (Å²) in [4.78, 5) is 14.8. The number of amides is 1. The highest BCUT2D eigenvalue weighted by Crippen LogP contribution is 2.38. The van der Waals surface area contributed by atoms with Gasteiger partial charge in [0.05, 0.1) is 11.6 Å². The van der Waals surface area contributed by atoms with Crippen molar-refractivity contribution in [3.63, 3.8) is 0 Å². The van der Waals surface area contributed by atoms with Crippen LogP contribution in [-0.2, 0) is 4.74 Å². The van der Waals surface area contributed by atoms with E-state index in [0.29, 0.717) is 34.9 Å². The normalized spacial score (nSPS) is 23.0. The molecule has 5 nitrogen and oxygen atoms in total. The van der Waals surface area contributed by atoms with E-state index in [1.54, 1.807) is 19.2 Å². The number of rotatable bonds is 7. The van der Waals surface area contributed by atoms with Crippen molar-refractivity contribution in [2.75, 3.05) is 33.4 Å². The Morgan fingerprint density at radius 2 is 2.03 bits per heavy atom. The molecule has 1 aromatic carbocycles. The number of halogens is 1. The summed E-state index contributed by atoms with van der Waals surface area (Å²) in [6, 6.07) is 5.98. The third kappa shape index (κ3) is 6.34. The zero-order chi connectivity index (χ0) is 20.9. The lowest BCUT2D eigenvalue weighted by Crippen LogP contribution is -2.47. The molecule has 1 saturated heterocycles. The monoisotopic (exact) mass is 422 g/mol. The zero-order valence-corrected chi connectivity index (χ0v) is 18.8. The van der Waals surface area contributed by atoms with Crippen LogP contribution in [0.25, 0.3) is 0 Å². The van der Waals surface area contributed by atoms with Gasteiger partial charge in [0, 0.05) is 38.3 Å². The molecule has 1 aromatic rings. The molecule has 1 N–H and O–H groups in total. The minimum absolute atomic E-state index is 0.154. The Labute approximate surface area is 180 Å². The van der Waals surface area contributed by atoms with Gasteiger partial charge in [-0.05, 0) is 55.7 Å². The number of carbonyl (C=O) groups excluding carboxylic acids is 1. The fraction of sp³-hybridized carbons (Fsp3) is 0.696. The first-order chi connectivity index (χ1) is 13.9. The van der Waals surface area contributed by atoms with Crippen LogP contribution in [0.3, 0.4) is 0 Å². The van der Waals surface area contributed by atoms with Gasteiger partial charge in [-0.1, -0.05) is 31.9 Å². The Morgan fingerprint density at radius 3 is 2.69 bits per heavy atom. The van der Waals surface area contributed by atoms with E-state index < -0.39 is 0 Å². The third-order valence-corrected chi connectivity index (χ3v) is 6.55. The molecule has 0 bridgehead atoms. The molecule has 1 amide bonds. The van der Waals surface area contributed by atoms with Gasteiger partial charge in [-0.15, -0.1) is 0 Å². The second-order valence-electron chi connectivity index (χ2n) is 9.16. The lowest BCUT2D eigenvalue weighted by atomic mass is 9.74. The minimum Gasteiger partial charge on any atom is -0.489 e. The molecule has 0 unspecified atom stereocenters. The Bertz CT molecular complexity index is 687. The van der Waals surface area contributed by atoms with Crippen LogP contribution < -0.4 is 10.1 Å². The summed E-state index contributed by atoms with van der Waals surface area (Å²) in [6.45, 7) is 7.93. The lowest BCUT2D eigenvalue weighted by molar-refractivity contribution is 0.0399. The van der Waals surface area contributed by atoms with Crippen LogP contribution >= 0.6 is 11.6 Å². The summed E-state index contributed by atoms with van der Waals surface area (Å²) >= 11 is 6.40. The van der Waals surface area contributed by atoms with Gasteiger partial charge in [-0.3, -0.25) is 4.79 Å². The van der Waals surface area contributed by atoms with Crippen LogP contribution in [0.15, 0.2) is 18.2 Å². The number of likely N-dealkylation sites (tertiary alicyclic amines) is 1. The molecular formula is C23H35ClN2O3. The quantitative estimate of drug-likeness (QED) is 0.656. The summed E-state index contributed by atoms with van der Waals surface area (Å²) in [5, 5.41) is 3.29. The first kappa shape index (κ1) is 22.4. The molecule has 1 heterocycles. The van der Waals surface area contributed by atoms with E-state index in [2.05, 4.69) is 24.1 Å². The summed E-state index contributed by atoms with van der Waals surface area (Å²) in [5.41, 5.74) is 1.01. The van der Waals surface area contributed by atoms with Crippen molar-refractivity contribution in [1.82, 2.24) is 10.2 Å². The molecule has 1 aliphatic carbocycles. The van der Waals surface area contributed by atoms with Crippen molar-refractivity contribution in [2.45, 2.75) is 64.5 Å². The Balaban J connectivity index is 1.49. The van der Waals surface area contributed by atoms with Crippen molar-refractivity contribution in [2.24, 2.45) is 5.41 Å². The number of carbonyl (C=O) groups is 1. The third-order valence-electron chi connectivity index (χ3n) is 6.25. The van der Waals surface area contributed by atoms with Gasteiger partial charge in [0.1, 0.15) is 11.9 Å². The highest BCUT2D eigenvalue weighted by molar-refractivity contribution is 6.32. The molecule has 0 aromatic heterocycles. The van der Waals surface area contributed by atoms with Gasteiger partial charge >= 0.3 is 0 Å². The van der Waals surface area contributed by atoms with Gasteiger partial charge in [-0.25, -0.2) is 0 Å². The van der Waals surface area contributed by atoms with Gasteiger partial charge in [0.2, 0.25) is 0 Å². The molecule has 1 atom stereocenters. The second kappa shape index (κ2) is 10.1. The number of nitrogens with one attached hydrogen (secondary N) is 1. The molecule has 1 saturated carbocycles. The average molecular weight is 423 g/mol. The smallest absolute Gasteiger partial charge is 0.251 e. The number of piperidine rings is 1. The van der Waals surface area contributed by atoms with E-state index in [9.17, 15) is 4.79 Å². The maximum atomic E-state index is 12.1. The van der Waals surface area contributed by atoms with Crippen molar-refractivity contribution in [3.05, 3.63) is 28.8 Å². The maximum absolute atomic E-state index is 12.1. The number of nitrogens with zero attached hydrogens (tertiary/aromatic N) is 1. The summed E-state index contributed by atoms with van der Waals surface area (Å²) in [6.07, 6.45) is 7.55. The standard InChI is InChI=1S/C23H35ClN2O3/c1-23(2)10-4-5-18(16-23)26-12-8-19(9-13-26)29-21-7-6-17(15-20(21)24)22(27)25-11-14-28-3/h6-7,15,18-19H,4-5,8-14,16H2,1-3H3,(H,25,27)/t18-/m1/s1. The molecule has 29 heavy (non-hydrogen) atoms. The van der Waals surface area contributed by atoms with Crippen LogP contribution in [0.4, 0.5) is 0 Å². The lowest BCUT2D eigenvalue weighted by Gasteiger charge is -2.44. The van der Waals surface area contributed by atoms with Crippen LogP contribution in [0.1, 0.15) is 62.7 Å². The second-order valence-corrected chi connectivity index (χ2v) is 9.57. The molecule has 2 aliphatic rings. The van der Waals surface area contributed by atoms with Crippen LogP contribution in [0.2, 0.25) is 5.02 Å². The number of hydrogen-bond acceptors (Lipinski definition) is 4. The van der Waals surface area contributed by atoms with E-state index in [0.717, 1.165) is 32.0 Å². The Morgan fingerprint density at radius 1 is 1.28 bits per heavy atom. The SMILES string of the molecule is COCCNC(=O)c1ccc(OC2CCN([C@@H]3CCCC(C)(C)C3)CC2)c(Cl)c1. The summed E-state index contributed by atoms with van der Waals surface area (Å²) in [7, 11) is 1.61. The van der Waals surface area contributed by atoms with Crippen molar-refractivity contribution < 1.29 is 14.3 Å². The molecule has 2 fully saturated rings. The zero-order valence-electron chi connectivity index (χ0n) is 18.0. The topological polar surface area (TPSA) is 50.8 Å². The van der Waals surface area contributed by atoms with Crippen LogP contribution in [0, 0.1) is 5.41 Å². The van der Waals surface area contributed by atoms with E-state index in [1.165, 1.54) is 25.7 Å². The van der Waals surface area contributed by atoms with E-state index in [-0.39, 0.29) is 12.0 Å². The summed E-state index contributed by atoms with van der Waals surface area (Å²) in [5.74, 6) is 0.511. The van der Waals surface area contributed by atoms with Gasteiger partial charge in [0.15, 0.2) is 0 Å². The largest absolute Gasteiger partial charge is 0.489 e. The van der Waals surface area contributed by atoms with Gasteiger partial charge in [0.25, 0.3) is 5.91 Å². The number of hydrogen-bond donors (Lipinski definition) is 1. The van der Waals surface area contributed by atoms with Gasteiger partial charge < -0.3 is 19.7 Å². The van der Waals surface area contributed by atoms with E-state index in [4.69, 9.17) is 21.1 Å². The first-order valence-electron chi connectivity index (χ1n) is 10.9. The fourth-order valence-electron chi connectivity index (χ4n) is 4.61. The van der Waals surface area contributed by atoms with Crippen LogP contribution in [-0.4, -0.2) is 56.3 Å². The molecule has 0 radical (unpaired) electrons.